The Hall–Kier alpha value is -2.73. The van der Waals surface area contributed by atoms with Crippen molar-refractivity contribution < 1.29 is 44.4 Å². The molecule has 0 radical (unpaired) electrons. The fourth-order valence-electron chi connectivity index (χ4n) is 1.67. The topological polar surface area (TPSA) is 216 Å². The number of carbonyl (C=O) groups excluding carboxylic acids is 2. The molecule has 2 amide bonds. The molecule has 12 heteroatoms. The molecule has 0 aromatic carbocycles. The fraction of sp³-hybridized carbons (Fsp3) is 0.615. The Balaban J connectivity index is 5.08. The molecule has 4 unspecified atom stereocenters. The Labute approximate surface area is 142 Å². The average Bonchev–Trinajstić information content (AvgIpc) is 2.48. The van der Waals surface area contributed by atoms with Crippen molar-refractivity contribution in [3.05, 3.63) is 0 Å². The van der Waals surface area contributed by atoms with E-state index in [1.54, 1.807) is 0 Å². The van der Waals surface area contributed by atoms with Crippen molar-refractivity contribution in [2.75, 3.05) is 0 Å². The summed E-state index contributed by atoms with van der Waals surface area (Å²) in [6.45, 7) is 1.21. The van der Waals surface area contributed by atoms with Crippen molar-refractivity contribution in [1.82, 2.24) is 10.6 Å². The minimum absolute atomic E-state index is 0.433. The minimum atomic E-state index is -1.65. The Morgan fingerprint density at radius 2 is 1.44 bits per heavy atom. The maximum absolute atomic E-state index is 12.1. The summed E-state index contributed by atoms with van der Waals surface area (Å²) < 4.78 is 0. The van der Waals surface area contributed by atoms with Crippen LogP contribution in [0.2, 0.25) is 0 Å². The summed E-state index contributed by atoms with van der Waals surface area (Å²) in [7, 11) is 0. The van der Waals surface area contributed by atoms with Crippen LogP contribution >= 0.6 is 0 Å². The summed E-state index contributed by atoms with van der Waals surface area (Å²) in [4.78, 5) is 56.2. The zero-order valence-electron chi connectivity index (χ0n) is 13.3. The van der Waals surface area contributed by atoms with Gasteiger partial charge in [0.25, 0.3) is 0 Å². The van der Waals surface area contributed by atoms with Gasteiger partial charge in [-0.05, 0) is 13.3 Å². The van der Waals surface area contributed by atoms with Crippen LogP contribution in [0.4, 0.5) is 0 Å². The van der Waals surface area contributed by atoms with Gasteiger partial charge in [0, 0.05) is 6.42 Å². The van der Waals surface area contributed by atoms with Crippen molar-refractivity contribution in [1.29, 1.82) is 0 Å². The number of aliphatic hydroxyl groups excluding tert-OH is 1. The van der Waals surface area contributed by atoms with Gasteiger partial charge in [-0.15, -0.1) is 0 Å². The van der Waals surface area contributed by atoms with Gasteiger partial charge in [0.1, 0.15) is 18.1 Å². The number of nitrogens with two attached hydrogens (primary N) is 1. The Bertz CT molecular complexity index is 535. The first kappa shape index (κ1) is 22.3. The van der Waals surface area contributed by atoms with E-state index in [1.807, 2.05) is 10.6 Å². The van der Waals surface area contributed by atoms with Gasteiger partial charge in [-0.1, -0.05) is 0 Å². The van der Waals surface area contributed by atoms with Crippen LogP contribution in [0.25, 0.3) is 0 Å². The SMILES string of the molecule is CC(O)C(N)C(=O)NC(CC(=O)O)C(=O)NC(CCC(=O)O)C(=O)O. The predicted molar refractivity (Wildman–Crippen MR) is 80.3 cm³/mol. The van der Waals surface area contributed by atoms with Crippen molar-refractivity contribution in [3.63, 3.8) is 0 Å². The summed E-state index contributed by atoms with van der Waals surface area (Å²) in [5, 5.41) is 39.6. The number of aliphatic hydroxyl groups is 1. The highest BCUT2D eigenvalue weighted by atomic mass is 16.4. The maximum atomic E-state index is 12.1. The summed E-state index contributed by atoms with van der Waals surface area (Å²) in [5.74, 6) is -6.39. The van der Waals surface area contributed by atoms with Gasteiger partial charge in [-0.2, -0.15) is 0 Å². The molecule has 0 aromatic heterocycles. The maximum Gasteiger partial charge on any atom is 0.326 e. The molecule has 0 aromatic rings. The lowest BCUT2D eigenvalue weighted by molar-refractivity contribution is -0.144. The Kier molecular flexibility index (Phi) is 9.09. The van der Waals surface area contributed by atoms with Crippen molar-refractivity contribution in [3.8, 4) is 0 Å². The quantitative estimate of drug-likeness (QED) is 0.198. The summed E-state index contributed by atoms with van der Waals surface area (Å²) >= 11 is 0. The van der Waals surface area contributed by atoms with E-state index in [-0.39, 0.29) is 0 Å². The van der Waals surface area contributed by atoms with Gasteiger partial charge >= 0.3 is 17.9 Å². The van der Waals surface area contributed by atoms with Gasteiger partial charge in [-0.25, -0.2) is 4.79 Å². The molecule has 0 aliphatic carbocycles. The third-order valence-corrected chi connectivity index (χ3v) is 3.10. The molecular weight excluding hydrogens is 342 g/mol. The Morgan fingerprint density at radius 3 is 1.84 bits per heavy atom. The van der Waals surface area contributed by atoms with E-state index in [4.69, 9.17) is 21.1 Å². The van der Waals surface area contributed by atoms with E-state index >= 15 is 0 Å². The van der Waals surface area contributed by atoms with Crippen LogP contribution in [0, 0.1) is 0 Å². The van der Waals surface area contributed by atoms with Crippen LogP contribution in [0.5, 0.6) is 0 Å². The zero-order valence-corrected chi connectivity index (χ0v) is 13.3. The monoisotopic (exact) mass is 363 g/mol. The Morgan fingerprint density at radius 1 is 0.920 bits per heavy atom. The second-order valence-electron chi connectivity index (χ2n) is 5.26. The lowest BCUT2D eigenvalue weighted by Crippen LogP contribution is -2.56. The van der Waals surface area contributed by atoms with E-state index in [1.165, 1.54) is 6.92 Å². The molecule has 142 valence electrons. The summed E-state index contributed by atoms with van der Waals surface area (Å²) in [5.41, 5.74) is 5.37. The number of carboxylic acids is 3. The lowest BCUT2D eigenvalue weighted by atomic mass is 10.1. The highest BCUT2D eigenvalue weighted by molar-refractivity contribution is 5.94. The van der Waals surface area contributed by atoms with Gasteiger partial charge < -0.3 is 36.8 Å². The molecule has 0 heterocycles. The number of hydrogen-bond acceptors (Lipinski definition) is 7. The van der Waals surface area contributed by atoms with Crippen LogP contribution < -0.4 is 16.4 Å². The number of amides is 2. The molecule has 0 saturated carbocycles. The molecular formula is C13H21N3O9. The van der Waals surface area contributed by atoms with Gasteiger partial charge in [0.15, 0.2) is 0 Å². The van der Waals surface area contributed by atoms with Crippen LogP contribution in [0.3, 0.4) is 0 Å². The minimum Gasteiger partial charge on any atom is -0.481 e. The van der Waals surface area contributed by atoms with E-state index in [2.05, 4.69) is 0 Å². The lowest BCUT2D eigenvalue weighted by Gasteiger charge is -2.22. The number of carboxylic acid groups (broad SMARTS) is 3. The average molecular weight is 363 g/mol. The highest BCUT2D eigenvalue weighted by Gasteiger charge is 2.30. The number of aliphatic carboxylic acids is 3. The van der Waals surface area contributed by atoms with E-state index in [0.717, 1.165) is 0 Å². The van der Waals surface area contributed by atoms with E-state index in [0.29, 0.717) is 0 Å². The molecule has 25 heavy (non-hydrogen) atoms. The van der Waals surface area contributed by atoms with Crippen molar-refractivity contribution in [2.45, 2.75) is 50.4 Å². The summed E-state index contributed by atoms with van der Waals surface area (Å²) in [6.07, 6.45) is -3.11. The van der Waals surface area contributed by atoms with E-state index in [9.17, 15) is 29.1 Å². The molecule has 0 fully saturated rings. The van der Waals surface area contributed by atoms with Gasteiger partial charge in [-0.3, -0.25) is 19.2 Å². The first-order chi connectivity index (χ1) is 11.5. The highest BCUT2D eigenvalue weighted by Crippen LogP contribution is 2.02. The van der Waals surface area contributed by atoms with Gasteiger partial charge in [0.05, 0.1) is 12.5 Å². The normalized spacial score (nSPS) is 15.3. The van der Waals surface area contributed by atoms with Crippen LogP contribution in [-0.4, -0.2) is 74.4 Å². The molecule has 0 spiro atoms. The molecule has 12 nitrogen and oxygen atoms in total. The van der Waals surface area contributed by atoms with E-state index < -0.39 is 73.2 Å². The second kappa shape index (κ2) is 10.2. The zero-order chi connectivity index (χ0) is 19.7. The first-order valence-electron chi connectivity index (χ1n) is 7.16. The number of carbonyl (C=O) groups is 5. The van der Waals surface area contributed by atoms with Crippen molar-refractivity contribution in [2.24, 2.45) is 5.73 Å². The molecule has 4 atom stereocenters. The largest absolute Gasteiger partial charge is 0.481 e. The molecule has 0 rings (SSSR count). The number of nitrogens with one attached hydrogen (secondary N) is 2. The van der Waals surface area contributed by atoms with Crippen molar-refractivity contribution >= 4 is 29.7 Å². The number of hydrogen-bond donors (Lipinski definition) is 7. The van der Waals surface area contributed by atoms with Crippen LogP contribution in [-0.2, 0) is 24.0 Å². The number of rotatable bonds is 11. The van der Waals surface area contributed by atoms with Crippen LogP contribution in [0.15, 0.2) is 0 Å². The smallest absolute Gasteiger partial charge is 0.326 e. The standard InChI is InChI=1S/C13H21N3O9/c1-5(17)10(14)12(23)16-7(4-9(20)21)11(22)15-6(13(24)25)2-3-8(18)19/h5-7,10,17H,2-4,14H2,1H3,(H,15,22)(H,16,23)(H,18,19)(H,20,21)(H,24,25). The predicted octanol–water partition coefficient (Wildman–Crippen LogP) is -2.91. The second-order valence-corrected chi connectivity index (χ2v) is 5.26. The third-order valence-electron chi connectivity index (χ3n) is 3.10. The molecule has 0 aliphatic rings. The van der Waals surface area contributed by atoms with Gasteiger partial charge in [0.2, 0.25) is 11.8 Å². The molecule has 8 N–H and O–H groups in total. The fourth-order valence-corrected chi connectivity index (χ4v) is 1.67. The molecule has 0 aliphatic heterocycles. The molecule has 0 bridgehead atoms. The third kappa shape index (κ3) is 8.62. The summed E-state index contributed by atoms with van der Waals surface area (Å²) in [6, 6.07) is -4.66. The molecule has 0 saturated heterocycles. The first-order valence-corrected chi connectivity index (χ1v) is 7.16. The van der Waals surface area contributed by atoms with Crippen LogP contribution in [0.1, 0.15) is 26.2 Å².